The fraction of sp³-hybridized carbons (Fsp3) is 0.389. The smallest absolute Gasteiger partial charge is 0.271 e. The molecular weight excluding hydrogens is 288 g/mol. The van der Waals surface area contributed by atoms with E-state index in [-0.39, 0.29) is 5.91 Å². The lowest BCUT2D eigenvalue weighted by Crippen LogP contribution is -2.25. The van der Waals surface area contributed by atoms with Crippen molar-refractivity contribution in [2.24, 2.45) is 0 Å². The predicted octanol–water partition coefficient (Wildman–Crippen LogP) is 3.68. The highest BCUT2D eigenvalue weighted by Gasteiger charge is 2.09. The molecule has 2 rings (SSSR count). The molecular formula is C18H24N4O. The maximum absolute atomic E-state index is 11.9. The Hall–Kier alpha value is -2.43. The van der Waals surface area contributed by atoms with Gasteiger partial charge < -0.3 is 10.6 Å². The number of amides is 1. The van der Waals surface area contributed by atoms with Crippen molar-refractivity contribution >= 4 is 17.4 Å². The second-order valence-corrected chi connectivity index (χ2v) is 5.80. The van der Waals surface area contributed by atoms with Crippen molar-refractivity contribution < 1.29 is 4.79 Å². The van der Waals surface area contributed by atoms with Crippen LogP contribution in [0, 0.1) is 20.8 Å². The number of hydrogen-bond acceptors (Lipinski definition) is 4. The van der Waals surface area contributed by atoms with Crippen LogP contribution in [0.25, 0.3) is 0 Å². The lowest BCUT2D eigenvalue weighted by atomic mass is 10.1. The molecule has 1 heterocycles. The highest BCUT2D eigenvalue weighted by atomic mass is 16.1. The van der Waals surface area contributed by atoms with Crippen molar-refractivity contribution in [3.8, 4) is 0 Å². The Bertz CT molecular complexity index is 657. The SMILES string of the molecule is CCCCNC(=O)c1cnc(Nc2c(C)cc(C)cc2C)cn1. The molecule has 5 nitrogen and oxygen atoms in total. The van der Waals surface area contributed by atoms with Crippen molar-refractivity contribution in [2.75, 3.05) is 11.9 Å². The van der Waals surface area contributed by atoms with Gasteiger partial charge in [-0.1, -0.05) is 31.0 Å². The molecule has 0 aliphatic rings. The first kappa shape index (κ1) is 16.9. The number of aromatic nitrogens is 2. The fourth-order valence-corrected chi connectivity index (χ4v) is 2.48. The number of rotatable bonds is 6. The number of hydrogen-bond donors (Lipinski definition) is 2. The van der Waals surface area contributed by atoms with E-state index in [1.54, 1.807) is 6.20 Å². The van der Waals surface area contributed by atoms with E-state index < -0.39 is 0 Å². The molecule has 23 heavy (non-hydrogen) atoms. The molecule has 2 aromatic rings. The molecule has 0 unspecified atom stereocenters. The molecule has 0 bridgehead atoms. The molecule has 0 aliphatic heterocycles. The van der Waals surface area contributed by atoms with E-state index >= 15 is 0 Å². The first-order chi connectivity index (χ1) is 11.0. The first-order valence-corrected chi connectivity index (χ1v) is 7.96. The van der Waals surface area contributed by atoms with Gasteiger partial charge in [0.25, 0.3) is 5.91 Å². The van der Waals surface area contributed by atoms with Crippen molar-refractivity contribution in [1.29, 1.82) is 0 Å². The zero-order valence-electron chi connectivity index (χ0n) is 14.2. The number of nitrogens with one attached hydrogen (secondary N) is 2. The summed E-state index contributed by atoms with van der Waals surface area (Å²) in [6, 6.07) is 4.25. The van der Waals surface area contributed by atoms with Gasteiger partial charge in [-0.25, -0.2) is 9.97 Å². The van der Waals surface area contributed by atoms with Crippen molar-refractivity contribution in [3.63, 3.8) is 0 Å². The third kappa shape index (κ3) is 4.52. The second kappa shape index (κ2) is 7.72. The number of benzene rings is 1. The first-order valence-electron chi connectivity index (χ1n) is 7.96. The average molecular weight is 312 g/mol. The van der Waals surface area contributed by atoms with Gasteiger partial charge in [0.05, 0.1) is 12.4 Å². The van der Waals surface area contributed by atoms with Gasteiger partial charge in [0, 0.05) is 12.2 Å². The minimum absolute atomic E-state index is 0.180. The number of aryl methyl sites for hydroxylation is 3. The Kier molecular flexibility index (Phi) is 5.68. The largest absolute Gasteiger partial charge is 0.351 e. The molecule has 0 saturated carbocycles. The van der Waals surface area contributed by atoms with E-state index in [9.17, 15) is 4.79 Å². The standard InChI is InChI=1S/C18H24N4O/c1-5-6-7-19-18(23)15-10-21-16(11-20-15)22-17-13(3)8-12(2)9-14(17)4/h8-11H,5-7H2,1-4H3,(H,19,23)(H,21,22). The van der Waals surface area contributed by atoms with Crippen molar-refractivity contribution in [2.45, 2.75) is 40.5 Å². The summed E-state index contributed by atoms with van der Waals surface area (Å²) in [5.41, 5.74) is 4.92. The van der Waals surface area contributed by atoms with Gasteiger partial charge >= 0.3 is 0 Å². The van der Waals surface area contributed by atoms with Crippen molar-refractivity contribution in [3.05, 3.63) is 46.9 Å². The van der Waals surface area contributed by atoms with Gasteiger partial charge in [0.15, 0.2) is 0 Å². The Morgan fingerprint density at radius 2 is 1.78 bits per heavy atom. The number of nitrogens with zero attached hydrogens (tertiary/aromatic N) is 2. The minimum Gasteiger partial charge on any atom is -0.351 e. The molecule has 0 atom stereocenters. The number of carbonyl (C=O) groups is 1. The highest BCUT2D eigenvalue weighted by molar-refractivity contribution is 5.92. The number of carbonyl (C=O) groups excluding carboxylic acids is 1. The molecule has 5 heteroatoms. The molecule has 2 N–H and O–H groups in total. The Labute approximate surface area is 137 Å². The third-order valence-electron chi connectivity index (χ3n) is 3.63. The van der Waals surface area contributed by atoms with Crippen LogP contribution in [0.2, 0.25) is 0 Å². The molecule has 0 fully saturated rings. The van der Waals surface area contributed by atoms with Gasteiger partial charge in [-0.3, -0.25) is 4.79 Å². The molecule has 1 aromatic carbocycles. The van der Waals surface area contributed by atoms with Crippen LogP contribution in [0.4, 0.5) is 11.5 Å². The van der Waals surface area contributed by atoms with Crippen LogP contribution in [0.5, 0.6) is 0 Å². The molecule has 0 radical (unpaired) electrons. The van der Waals surface area contributed by atoms with Crippen LogP contribution in [0.15, 0.2) is 24.5 Å². The molecule has 122 valence electrons. The molecule has 1 amide bonds. The average Bonchev–Trinajstić information content (AvgIpc) is 2.51. The van der Waals surface area contributed by atoms with Crippen LogP contribution in [-0.4, -0.2) is 22.4 Å². The maximum atomic E-state index is 11.9. The van der Waals surface area contributed by atoms with Gasteiger partial charge in [0.2, 0.25) is 0 Å². The summed E-state index contributed by atoms with van der Waals surface area (Å²) in [6.07, 6.45) is 5.10. The quantitative estimate of drug-likeness (QED) is 0.799. The lowest BCUT2D eigenvalue weighted by Gasteiger charge is -2.13. The normalized spacial score (nSPS) is 10.4. The van der Waals surface area contributed by atoms with Crippen LogP contribution in [0.1, 0.15) is 46.9 Å². The van der Waals surface area contributed by atoms with Gasteiger partial charge in [-0.2, -0.15) is 0 Å². The maximum Gasteiger partial charge on any atom is 0.271 e. The zero-order chi connectivity index (χ0) is 16.8. The van der Waals surface area contributed by atoms with E-state index in [4.69, 9.17) is 0 Å². The van der Waals surface area contributed by atoms with Crippen molar-refractivity contribution in [1.82, 2.24) is 15.3 Å². The zero-order valence-corrected chi connectivity index (χ0v) is 14.2. The molecule has 0 aliphatic carbocycles. The molecule has 0 spiro atoms. The van der Waals surface area contributed by atoms with E-state index in [1.807, 2.05) is 0 Å². The van der Waals surface area contributed by atoms with E-state index in [0.29, 0.717) is 18.1 Å². The van der Waals surface area contributed by atoms with Gasteiger partial charge in [-0.05, 0) is 38.3 Å². The Morgan fingerprint density at radius 1 is 1.09 bits per heavy atom. The fourth-order valence-electron chi connectivity index (χ4n) is 2.48. The summed E-state index contributed by atoms with van der Waals surface area (Å²) in [4.78, 5) is 20.4. The summed E-state index contributed by atoms with van der Waals surface area (Å²) >= 11 is 0. The van der Waals surface area contributed by atoms with Crippen LogP contribution in [0.3, 0.4) is 0 Å². The van der Waals surface area contributed by atoms with E-state index in [1.165, 1.54) is 11.8 Å². The third-order valence-corrected chi connectivity index (χ3v) is 3.63. The number of anilines is 2. The second-order valence-electron chi connectivity index (χ2n) is 5.80. The summed E-state index contributed by atoms with van der Waals surface area (Å²) in [6.45, 7) is 8.95. The van der Waals surface area contributed by atoms with Gasteiger partial charge in [0.1, 0.15) is 11.5 Å². The minimum atomic E-state index is -0.180. The molecule has 0 saturated heterocycles. The summed E-state index contributed by atoms with van der Waals surface area (Å²) in [5.74, 6) is 0.449. The number of unbranched alkanes of at least 4 members (excludes halogenated alkanes) is 1. The van der Waals surface area contributed by atoms with Gasteiger partial charge in [-0.15, -0.1) is 0 Å². The summed E-state index contributed by atoms with van der Waals surface area (Å²) < 4.78 is 0. The lowest BCUT2D eigenvalue weighted by molar-refractivity contribution is 0.0948. The summed E-state index contributed by atoms with van der Waals surface area (Å²) in [5, 5.41) is 6.11. The van der Waals surface area contributed by atoms with Crippen LogP contribution in [-0.2, 0) is 0 Å². The van der Waals surface area contributed by atoms with E-state index in [2.05, 4.69) is 60.4 Å². The Balaban J connectivity index is 2.07. The van der Waals surface area contributed by atoms with E-state index in [0.717, 1.165) is 29.7 Å². The Morgan fingerprint density at radius 3 is 2.35 bits per heavy atom. The van der Waals surface area contributed by atoms with Crippen LogP contribution >= 0.6 is 0 Å². The van der Waals surface area contributed by atoms with Crippen LogP contribution < -0.4 is 10.6 Å². The molecule has 1 aromatic heterocycles. The highest BCUT2D eigenvalue weighted by Crippen LogP contribution is 2.24. The monoisotopic (exact) mass is 312 g/mol. The predicted molar refractivity (Wildman–Crippen MR) is 93.2 cm³/mol. The summed E-state index contributed by atoms with van der Waals surface area (Å²) in [7, 11) is 0. The topological polar surface area (TPSA) is 66.9 Å².